The van der Waals surface area contributed by atoms with Crippen LogP contribution in [0.2, 0.25) is 0 Å². The third-order valence-electron chi connectivity index (χ3n) is 4.64. The molecule has 0 saturated heterocycles. The Bertz CT molecular complexity index is 607. The van der Waals surface area contributed by atoms with Crippen LogP contribution in [0, 0.1) is 0 Å². The zero-order valence-electron chi connectivity index (χ0n) is 17.1. The molecule has 1 heterocycles. The fourth-order valence-electron chi connectivity index (χ4n) is 2.92. The average Bonchev–Trinajstić information content (AvgIpc) is 2.71. The maximum atomic E-state index is 5.79. The third-order valence-corrected chi connectivity index (χ3v) is 4.64. The number of unbranched alkanes of at least 4 members (excludes halogenated alkanes) is 4. The second kappa shape index (κ2) is 13.3. The highest BCUT2D eigenvalue weighted by Gasteiger charge is 2.02. The minimum atomic E-state index is 0.691. The number of aryl methyl sites for hydroxylation is 1. The van der Waals surface area contributed by atoms with E-state index in [4.69, 9.17) is 9.47 Å². The highest BCUT2D eigenvalue weighted by Crippen LogP contribution is 2.21. The fourth-order valence-corrected chi connectivity index (χ4v) is 2.92. The van der Waals surface area contributed by atoms with Crippen LogP contribution in [0.15, 0.2) is 42.6 Å². The normalized spacial score (nSPS) is 10.9. The van der Waals surface area contributed by atoms with E-state index < -0.39 is 0 Å². The Morgan fingerprint density at radius 2 is 1.52 bits per heavy atom. The lowest BCUT2D eigenvalue weighted by molar-refractivity contribution is 0.117. The van der Waals surface area contributed by atoms with Crippen LogP contribution in [0.4, 0.5) is 0 Å². The number of nitrogens with zero attached hydrogens (tertiary/aromatic N) is 1. The van der Waals surface area contributed by atoms with Gasteiger partial charge in [-0.25, -0.2) is 0 Å². The maximum absolute atomic E-state index is 5.79. The van der Waals surface area contributed by atoms with Crippen molar-refractivity contribution in [2.75, 3.05) is 19.8 Å². The number of benzene rings is 1. The van der Waals surface area contributed by atoms with Crippen LogP contribution in [-0.2, 0) is 11.2 Å². The zero-order chi connectivity index (χ0) is 19.2. The lowest BCUT2D eigenvalue weighted by Gasteiger charge is -2.08. The number of hydrogen-bond acceptors (Lipinski definition) is 3. The van der Waals surface area contributed by atoms with E-state index >= 15 is 0 Å². The number of hydrogen-bond donors (Lipinski definition) is 0. The average molecular weight is 370 g/mol. The van der Waals surface area contributed by atoms with Gasteiger partial charge in [-0.2, -0.15) is 0 Å². The van der Waals surface area contributed by atoms with Crippen LogP contribution in [0.25, 0.3) is 11.3 Å². The second-order valence-electron chi connectivity index (χ2n) is 7.05. The van der Waals surface area contributed by atoms with Crippen LogP contribution >= 0.6 is 0 Å². The number of ether oxygens (including phenoxy) is 2. The minimum Gasteiger partial charge on any atom is -0.494 e. The van der Waals surface area contributed by atoms with Gasteiger partial charge in [0.15, 0.2) is 0 Å². The molecule has 0 spiro atoms. The molecule has 3 nitrogen and oxygen atoms in total. The predicted molar refractivity (Wildman–Crippen MR) is 113 cm³/mol. The Morgan fingerprint density at radius 1 is 0.741 bits per heavy atom. The van der Waals surface area contributed by atoms with Crippen LogP contribution in [-0.4, -0.2) is 24.8 Å². The zero-order valence-corrected chi connectivity index (χ0v) is 17.1. The Balaban J connectivity index is 1.72. The van der Waals surface area contributed by atoms with Crippen molar-refractivity contribution in [3.63, 3.8) is 0 Å². The molecule has 0 aliphatic rings. The highest BCUT2D eigenvalue weighted by molar-refractivity contribution is 5.60. The van der Waals surface area contributed by atoms with Gasteiger partial charge in [-0.3, -0.25) is 4.98 Å². The molecule has 27 heavy (non-hydrogen) atoms. The van der Waals surface area contributed by atoms with Crippen LogP contribution in [0.3, 0.4) is 0 Å². The summed E-state index contributed by atoms with van der Waals surface area (Å²) in [4.78, 5) is 4.63. The van der Waals surface area contributed by atoms with Gasteiger partial charge >= 0.3 is 0 Å². The molecule has 0 aliphatic heterocycles. The quantitative estimate of drug-likeness (QED) is 0.358. The molecule has 0 N–H and O–H groups in total. The third kappa shape index (κ3) is 8.57. The van der Waals surface area contributed by atoms with E-state index in [1.807, 2.05) is 18.3 Å². The van der Waals surface area contributed by atoms with E-state index in [-0.39, 0.29) is 0 Å². The lowest BCUT2D eigenvalue weighted by atomic mass is 10.1. The summed E-state index contributed by atoms with van der Waals surface area (Å²) < 4.78 is 11.3. The van der Waals surface area contributed by atoms with Gasteiger partial charge in [0.1, 0.15) is 5.75 Å². The van der Waals surface area contributed by atoms with Crippen molar-refractivity contribution in [1.82, 2.24) is 4.98 Å². The Kier molecular flexibility index (Phi) is 10.6. The van der Waals surface area contributed by atoms with Crippen molar-refractivity contribution in [2.45, 2.75) is 65.2 Å². The molecule has 148 valence electrons. The first-order valence-electron chi connectivity index (χ1n) is 10.6. The number of rotatable bonds is 14. The van der Waals surface area contributed by atoms with E-state index in [1.54, 1.807) is 0 Å². The summed E-state index contributed by atoms with van der Waals surface area (Å²) in [5.74, 6) is 0.903. The van der Waals surface area contributed by atoms with Gasteiger partial charge in [-0.05, 0) is 55.2 Å². The summed E-state index contributed by atoms with van der Waals surface area (Å²) >= 11 is 0. The summed E-state index contributed by atoms with van der Waals surface area (Å²) in [6, 6.07) is 12.5. The molecule has 2 rings (SSSR count). The Morgan fingerprint density at radius 3 is 2.22 bits per heavy atom. The van der Waals surface area contributed by atoms with Crippen LogP contribution in [0.5, 0.6) is 5.75 Å². The molecule has 2 aromatic rings. The van der Waals surface area contributed by atoms with E-state index in [0.717, 1.165) is 49.5 Å². The molecule has 3 heteroatoms. The monoisotopic (exact) mass is 369 g/mol. The van der Waals surface area contributed by atoms with Gasteiger partial charge < -0.3 is 9.47 Å². The standard InChI is InChI=1S/C24H35NO2/c1-3-5-7-8-10-21-11-16-24(25-20-21)22-12-14-23(15-13-22)27-19-9-18-26-17-6-4-2/h11-16,20H,3-10,17-19H2,1-2H3. The summed E-state index contributed by atoms with van der Waals surface area (Å²) in [6.07, 6.45) is 11.6. The molecular formula is C24H35NO2. The van der Waals surface area contributed by atoms with Gasteiger partial charge in [-0.15, -0.1) is 0 Å². The molecule has 0 fully saturated rings. The molecule has 0 bridgehead atoms. The molecule has 0 atom stereocenters. The van der Waals surface area contributed by atoms with Crippen LogP contribution < -0.4 is 4.74 Å². The molecule has 0 radical (unpaired) electrons. The molecule has 1 aromatic heterocycles. The number of aromatic nitrogens is 1. The molecule has 0 amide bonds. The first-order valence-corrected chi connectivity index (χ1v) is 10.6. The van der Waals surface area contributed by atoms with Crippen molar-refractivity contribution in [1.29, 1.82) is 0 Å². The minimum absolute atomic E-state index is 0.691. The fraction of sp³-hybridized carbons (Fsp3) is 0.542. The van der Waals surface area contributed by atoms with Crippen molar-refractivity contribution < 1.29 is 9.47 Å². The molecule has 0 saturated carbocycles. The lowest BCUT2D eigenvalue weighted by Crippen LogP contribution is -2.03. The molecule has 1 aromatic carbocycles. The smallest absolute Gasteiger partial charge is 0.119 e. The molecule has 0 aliphatic carbocycles. The highest BCUT2D eigenvalue weighted by atomic mass is 16.5. The van der Waals surface area contributed by atoms with Gasteiger partial charge in [0.25, 0.3) is 0 Å². The first kappa shape index (κ1) is 21.4. The number of pyridine rings is 1. The Hall–Kier alpha value is -1.87. The second-order valence-corrected chi connectivity index (χ2v) is 7.05. The summed E-state index contributed by atoms with van der Waals surface area (Å²) in [5, 5.41) is 0. The van der Waals surface area contributed by atoms with E-state index in [1.165, 1.54) is 37.7 Å². The van der Waals surface area contributed by atoms with E-state index in [2.05, 4.69) is 43.1 Å². The SMILES string of the molecule is CCCCCCc1ccc(-c2ccc(OCCCOCCCC)cc2)nc1. The van der Waals surface area contributed by atoms with Gasteiger partial charge in [0.2, 0.25) is 0 Å². The van der Waals surface area contributed by atoms with Crippen molar-refractivity contribution >= 4 is 0 Å². The van der Waals surface area contributed by atoms with E-state index in [9.17, 15) is 0 Å². The van der Waals surface area contributed by atoms with Crippen LogP contribution in [0.1, 0.15) is 64.4 Å². The van der Waals surface area contributed by atoms with Gasteiger partial charge in [0, 0.05) is 31.4 Å². The molecular weight excluding hydrogens is 334 g/mol. The predicted octanol–water partition coefficient (Wildman–Crippen LogP) is 6.46. The Labute approximate surface area is 165 Å². The maximum Gasteiger partial charge on any atom is 0.119 e. The summed E-state index contributed by atoms with van der Waals surface area (Å²) in [5.41, 5.74) is 3.47. The summed E-state index contributed by atoms with van der Waals surface area (Å²) in [6.45, 7) is 6.74. The molecule has 0 unspecified atom stereocenters. The van der Waals surface area contributed by atoms with Gasteiger partial charge in [0.05, 0.1) is 12.3 Å². The van der Waals surface area contributed by atoms with Crippen molar-refractivity contribution in [3.8, 4) is 17.0 Å². The van der Waals surface area contributed by atoms with Gasteiger partial charge in [-0.1, -0.05) is 45.6 Å². The largest absolute Gasteiger partial charge is 0.494 e. The topological polar surface area (TPSA) is 31.4 Å². The van der Waals surface area contributed by atoms with Crippen molar-refractivity contribution in [2.24, 2.45) is 0 Å². The van der Waals surface area contributed by atoms with Crippen molar-refractivity contribution in [3.05, 3.63) is 48.2 Å². The summed E-state index contributed by atoms with van der Waals surface area (Å²) in [7, 11) is 0. The first-order chi connectivity index (χ1) is 13.3. The van der Waals surface area contributed by atoms with E-state index in [0.29, 0.717) is 6.61 Å².